The van der Waals surface area contributed by atoms with Crippen LogP contribution in [0.2, 0.25) is 0 Å². The number of nitrogens with zero attached hydrogens (tertiary/aromatic N) is 1. The average Bonchev–Trinajstić information content (AvgIpc) is 3.23. The zero-order chi connectivity index (χ0) is 20.7. The number of amides is 1. The number of sulfonamides is 1. The maximum absolute atomic E-state index is 12.5. The van der Waals surface area contributed by atoms with E-state index in [4.69, 9.17) is 4.74 Å². The van der Waals surface area contributed by atoms with E-state index in [2.05, 4.69) is 5.32 Å². The van der Waals surface area contributed by atoms with E-state index in [1.807, 2.05) is 24.3 Å². The topological polar surface area (TPSA) is 75.7 Å². The fourth-order valence-corrected chi connectivity index (χ4v) is 4.62. The molecule has 2 aromatic carbocycles. The summed E-state index contributed by atoms with van der Waals surface area (Å²) in [5, 5.41) is 2.84. The third-order valence-corrected chi connectivity index (χ3v) is 6.94. The number of carbonyl (C=O) groups excluding carboxylic acids is 1. The van der Waals surface area contributed by atoms with Crippen LogP contribution < -0.4 is 10.1 Å². The monoisotopic (exact) mass is 416 g/mol. The summed E-state index contributed by atoms with van der Waals surface area (Å²) in [6.07, 6.45) is 5.65. The molecule has 0 atom stereocenters. The van der Waals surface area contributed by atoms with E-state index in [9.17, 15) is 13.2 Å². The lowest BCUT2D eigenvalue weighted by atomic mass is 10.2. The fraction of sp³-hybridized carbons (Fsp3) is 0.409. The number of carbonyl (C=O) groups is 1. The first kappa shape index (κ1) is 21.3. The zero-order valence-electron chi connectivity index (χ0n) is 16.7. The van der Waals surface area contributed by atoms with Crippen LogP contribution in [0.1, 0.15) is 38.5 Å². The van der Waals surface area contributed by atoms with Crippen molar-refractivity contribution in [2.45, 2.75) is 49.5 Å². The van der Waals surface area contributed by atoms with E-state index in [-0.39, 0.29) is 23.8 Å². The van der Waals surface area contributed by atoms with Crippen molar-refractivity contribution in [3.63, 3.8) is 0 Å². The molecule has 0 aromatic heterocycles. The van der Waals surface area contributed by atoms with E-state index in [1.54, 1.807) is 30.3 Å². The Kier molecular flexibility index (Phi) is 7.28. The molecule has 1 aliphatic carbocycles. The normalized spacial score (nSPS) is 14.8. The second kappa shape index (κ2) is 9.89. The second-order valence-electron chi connectivity index (χ2n) is 7.34. The number of anilines is 1. The molecule has 0 saturated heterocycles. The van der Waals surface area contributed by atoms with Gasteiger partial charge in [-0.2, -0.15) is 0 Å². The van der Waals surface area contributed by atoms with Gasteiger partial charge in [-0.05, 0) is 68.5 Å². The Hall–Kier alpha value is -2.38. The molecule has 0 radical (unpaired) electrons. The highest BCUT2D eigenvalue weighted by molar-refractivity contribution is 7.89. The summed E-state index contributed by atoms with van der Waals surface area (Å²) >= 11 is 0. The van der Waals surface area contributed by atoms with Gasteiger partial charge in [-0.1, -0.05) is 18.2 Å². The lowest BCUT2D eigenvalue weighted by molar-refractivity contribution is -0.116. The van der Waals surface area contributed by atoms with E-state index < -0.39 is 10.0 Å². The lowest BCUT2D eigenvalue weighted by Gasteiger charge is -2.17. The summed E-state index contributed by atoms with van der Waals surface area (Å²) in [6.45, 7) is 0.277. The number of hydrogen-bond donors (Lipinski definition) is 1. The van der Waals surface area contributed by atoms with Crippen molar-refractivity contribution in [2.24, 2.45) is 0 Å². The van der Waals surface area contributed by atoms with Crippen LogP contribution >= 0.6 is 0 Å². The Morgan fingerprint density at radius 1 is 1.07 bits per heavy atom. The molecule has 1 saturated carbocycles. The molecule has 1 amide bonds. The average molecular weight is 417 g/mol. The van der Waals surface area contributed by atoms with Crippen LogP contribution in [0.15, 0.2) is 59.5 Å². The largest absolute Gasteiger partial charge is 0.490 e. The Balaban J connectivity index is 1.42. The number of benzene rings is 2. The van der Waals surface area contributed by atoms with E-state index in [1.165, 1.54) is 24.2 Å². The van der Waals surface area contributed by atoms with Crippen LogP contribution in [-0.2, 0) is 14.8 Å². The predicted molar refractivity (Wildman–Crippen MR) is 113 cm³/mol. The first-order chi connectivity index (χ1) is 13.9. The van der Waals surface area contributed by atoms with Gasteiger partial charge in [-0.3, -0.25) is 4.79 Å². The van der Waals surface area contributed by atoms with Crippen molar-refractivity contribution in [1.82, 2.24) is 4.31 Å². The van der Waals surface area contributed by atoms with Crippen LogP contribution in [0.5, 0.6) is 5.75 Å². The quantitative estimate of drug-likeness (QED) is 0.669. The van der Waals surface area contributed by atoms with Crippen LogP contribution in [0, 0.1) is 0 Å². The van der Waals surface area contributed by atoms with Gasteiger partial charge in [0.25, 0.3) is 0 Å². The van der Waals surface area contributed by atoms with E-state index >= 15 is 0 Å². The summed E-state index contributed by atoms with van der Waals surface area (Å²) in [4.78, 5) is 12.4. The summed E-state index contributed by atoms with van der Waals surface area (Å²) in [6, 6.07) is 15.7. The molecular weight excluding hydrogens is 388 g/mol. The molecule has 0 heterocycles. The minimum absolute atomic E-state index is 0.139. The molecule has 0 aliphatic heterocycles. The molecule has 2 aromatic rings. The Morgan fingerprint density at radius 2 is 1.72 bits per heavy atom. The minimum atomic E-state index is -3.52. The Bertz CT molecular complexity index is 892. The molecule has 1 aliphatic rings. The van der Waals surface area contributed by atoms with Crippen LogP contribution in [0.25, 0.3) is 0 Å². The molecule has 1 fully saturated rings. The maximum Gasteiger partial charge on any atom is 0.242 e. The molecule has 1 N–H and O–H groups in total. The summed E-state index contributed by atoms with van der Waals surface area (Å²) in [7, 11) is -1.99. The molecule has 0 unspecified atom stereocenters. The predicted octanol–water partition coefficient (Wildman–Crippen LogP) is 4.05. The second-order valence-corrected chi connectivity index (χ2v) is 9.38. The molecule has 7 heteroatoms. The summed E-state index contributed by atoms with van der Waals surface area (Å²) in [5.74, 6) is 0.683. The van der Waals surface area contributed by atoms with Gasteiger partial charge in [0.2, 0.25) is 15.9 Å². The van der Waals surface area contributed by atoms with Gasteiger partial charge in [0.1, 0.15) is 5.75 Å². The standard InChI is InChI=1S/C22H28N2O4S/c1-24(29(26,27)21-10-3-2-4-11-21)17-7-12-22(25)23-18-13-15-20(16-14-18)28-19-8-5-6-9-19/h2-4,10-11,13-16,19H,5-9,12,17H2,1H3,(H,23,25). The van der Waals surface area contributed by atoms with Gasteiger partial charge in [0, 0.05) is 25.7 Å². The minimum Gasteiger partial charge on any atom is -0.490 e. The van der Waals surface area contributed by atoms with Gasteiger partial charge in [-0.15, -0.1) is 0 Å². The Labute approximate surface area is 172 Å². The molecule has 6 nitrogen and oxygen atoms in total. The van der Waals surface area contributed by atoms with Gasteiger partial charge in [0.05, 0.1) is 11.0 Å². The van der Waals surface area contributed by atoms with Crippen LogP contribution in [0.3, 0.4) is 0 Å². The van der Waals surface area contributed by atoms with Crippen molar-refractivity contribution < 1.29 is 17.9 Å². The van der Waals surface area contributed by atoms with Gasteiger partial charge in [-0.25, -0.2) is 12.7 Å². The summed E-state index contributed by atoms with van der Waals surface area (Å²) < 4.78 is 32.1. The number of ether oxygens (including phenoxy) is 1. The number of hydrogen-bond acceptors (Lipinski definition) is 4. The molecule has 156 valence electrons. The van der Waals surface area contributed by atoms with Crippen molar-refractivity contribution in [3.8, 4) is 5.75 Å². The number of rotatable bonds is 9. The molecule has 0 spiro atoms. The highest BCUT2D eigenvalue weighted by Gasteiger charge is 2.20. The third kappa shape index (κ3) is 6.05. The first-order valence-electron chi connectivity index (χ1n) is 10.0. The third-order valence-electron chi connectivity index (χ3n) is 5.07. The highest BCUT2D eigenvalue weighted by atomic mass is 32.2. The maximum atomic E-state index is 12.5. The first-order valence-corrected chi connectivity index (χ1v) is 11.5. The fourth-order valence-electron chi connectivity index (χ4n) is 3.39. The van der Waals surface area contributed by atoms with E-state index in [0.717, 1.165) is 18.6 Å². The van der Waals surface area contributed by atoms with Gasteiger partial charge in [0.15, 0.2) is 0 Å². The molecule has 0 bridgehead atoms. The van der Waals surface area contributed by atoms with Gasteiger partial charge >= 0.3 is 0 Å². The molecule has 3 rings (SSSR count). The zero-order valence-corrected chi connectivity index (χ0v) is 17.5. The molecular formula is C22H28N2O4S. The van der Waals surface area contributed by atoms with Crippen molar-refractivity contribution in [3.05, 3.63) is 54.6 Å². The van der Waals surface area contributed by atoms with Crippen LogP contribution in [-0.4, -0.2) is 38.3 Å². The molecule has 29 heavy (non-hydrogen) atoms. The van der Waals surface area contributed by atoms with Crippen LogP contribution in [0.4, 0.5) is 5.69 Å². The van der Waals surface area contributed by atoms with Gasteiger partial charge < -0.3 is 10.1 Å². The van der Waals surface area contributed by atoms with Crippen molar-refractivity contribution in [1.29, 1.82) is 0 Å². The SMILES string of the molecule is CN(CCCC(=O)Nc1ccc(OC2CCCC2)cc1)S(=O)(=O)c1ccccc1. The Morgan fingerprint density at radius 3 is 2.38 bits per heavy atom. The lowest BCUT2D eigenvalue weighted by Crippen LogP contribution is -2.28. The van der Waals surface area contributed by atoms with E-state index in [0.29, 0.717) is 18.2 Å². The van der Waals surface area contributed by atoms with Crippen molar-refractivity contribution in [2.75, 3.05) is 18.9 Å². The number of nitrogens with one attached hydrogen (secondary N) is 1. The van der Waals surface area contributed by atoms with Crippen molar-refractivity contribution >= 4 is 21.6 Å². The smallest absolute Gasteiger partial charge is 0.242 e. The summed E-state index contributed by atoms with van der Waals surface area (Å²) in [5.41, 5.74) is 0.707. The highest BCUT2D eigenvalue weighted by Crippen LogP contribution is 2.25.